The van der Waals surface area contributed by atoms with Gasteiger partial charge in [0.1, 0.15) is 11.3 Å². The molecule has 0 heterocycles. The molecule has 0 aliphatic carbocycles. The van der Waals surface area contributed by atoms with Crippen molar-refractivity contribution in [1.29, 1.82) is 0 Å². The van der Waals surface area contributed by atoms with Crippen molar-refractivity contribution in [2.24, 2.45) is 5.73 Å². The maximum Gasteiger partial charge on any atom is 0.569 e. The molecule has 4 N–H and O–H groups in total. The summed E-state index contributed by atoms with van der Waals surface area (Å²) in [6, 6.07) is 4.72. The molecule has 0 spiro atoms. The fourth-order valence-corrected chi connectivity index (χ4v) is 1.55. The quantitative estimate of drug-likeness (QED) is 0.671. The van der Waals surface area contributed by atoms with Crippen molar-refractivity contribution in [2.75, 3.05) is 0 Å². The normalized spacial score (nSPS) is 13.9. The van der Waals surface area contributed by atoms with Gasteiger partial charge in [-0.1, -0.05) is 17.7 Å². The molecule has 0 aromatic heterocycles. The lowest BCUT2D eigenvalue weighted by Gasteiger charge is -2.19. The molecule has 0 amide bonds. The molecule has 17 heavy (non-hydrogen) atoms. The van der Waals surface area contributed by atoms with Crippen molar-refractivity contribution in [3.05, 3.63) is 28.8 Å². The van der Waals surface area contributed by atoms with Crippen molar-refractivity contribution in [1.82, 2.24) is 0 Å². The molecule has 1 aromatic carbocycles. The van der Waals surface area contributed by atoms with E-state index in [-0.39, 0.29) is 17.2 Å². The average Bonchev–Trinajstić information content (AvgIpc) is 2.21. The van der Waals surface area contributed by atoms with E-state index in [1.807, 2.05) is 0 Å². The van der Waals surface area contributed by atoms with Gasteiger partial charge in [-0.15, -0.1) is 0 Å². The highest BCUT2D eigenvalue weighted by Gasteiger charge is 2.28. The second-order valence-corrected chi connectivity index (χ2v) is 4.29. The summed E-state index contributed by atoms with van der Waals surface area (Å²) in [6.45, 7) is 1.43. The maximum atomic E-state index is 10.9. The highest BCUT2D eigenvalue weighted by molar-refractivity contribution is 6.32. The van der Waals surface area contributed by atoms with Crippen LogP contribution in [-0.2, 0) is 11.2 Å². The van der Waals surface area contributed by atoms with E-state index in [0.717, 1.165) is 0 Å². The van der Waals surface area contributed by atoms with Crippen LogP contribution in [0.3, 0.4) is 0 Å². The molecule has 0 aliphatic rings. The van der Waals surface area contributed by atoms with Crippen LogP contribution < -0.4 is 10.4 Å². The molecule has 0 saturated heterocycles. The Morgan fingerprint density at radius 3 is 2.76 bits per heavy atom. The number of benzene rings is 1. The van der Waals surface area contributed by atoms with E-state index < -0.39 is 11.5 Å². The van der Waals surface area contributed by atoms with Crippen LogP contribution in [0.5, 0.6) is 5.75 Å². The van der Waals surface area contributed by atoms with Crippen LogP contribution in [0.25, 0.3) is 0 Å². The third-order valence-corrected chi connectivity index (χ3v) is 2.53. The van der Waals surface area contributed by atoms with Gasteiger partial charge in [0.25, 0.3) is 0 Å². The van der Waals surface area contributed by atoms with Crippen molar-refractivity contribution >= 4 is 25.3 Å². The Bertz CT molecular complexity index is 425. The molecule has 1 aromatic rings. The molecule has 1 rings (SSSR count). The minimum absolute atomic E-state index is 0.144. The topological polar surface area (TPSA) is 92.8 Å². The number of hydrogen-bond donors (Lipinski definition) is 3. The van der Waals surface area contributed by atoms with E-state index in [2.05, 4.69) is 0 Å². The van der Waals surface area contributed by atoms with Crippen LogP contribution in [0, 0.1) is 0 Å². The van der Waals surface area contributed by atoms with Crippen molar-refractivity contribution in [2.45, 2.75) is 18.9 Å². The predicted molar refractivity (Wildman–Crippen MR) is 64.0 cm³/mol. The highest BCUT2D eigenvalue weighted by atomic mass is 35.5. The Morgan fingerprint density at radius 1 is 1.65 bits per heavy atom. The van der Waals surface area contributed by atoms with E-state index in [9.17, 15) is 4.79 Å². The minimum Gasteiger partial charge on any atom is -0.536 e. The van der Waals surface area contributed by atoms with Crippen LogP contribution in [0.15, 0.2) is 18.2 Å². The zero-order valence-electron chi connectivity index (χ0n) is 9.18. The Kier molecular flexibility index (Phi) is 4.39. The fourth-order valence-electron chi connectivity index (χ4n) is 1.31. The number of halogens is 1. The first kappa shape index (κ1) is 13.8. The lowest BCUT2D eigenvalue weighted by atomic mass is 9.94. The molecule has 1 atom stereocenters. The fraction of sp³-hybridized carbons (Fsp3) is 0.300. The molecule has 91 valence electrons. The van der Waals surface area contributed by atoms with Gasteiger partial charge >= 0.3 is 13.7 Å². The Morgan fingerprint density at radius 2 is 2.29 bits per heavy atom. The molecule has 0 unspecified atom stereocenters. The number of aliphatic carboxylic acids is 1. The van der Waals surface area contributed by atoms with Gasteiger partial charge in [0, 0.05) is 6.42 Å². The first-order valence-corrected chi connectivity index (χ1v) is 5.18. The molecule has 0 bridgehead atoms. The SMILES string of the molecule is C[C@@](N)(Cc1ccc(O[B]O)c(Cl)c1)C(=O)O. The highest BCUT2D eigenvalue weighted by Crippen LogP contribution is 2.26. The van der Waals surface area contributed by atoms with Crippen LogP contribution in [0.1, 0.15) is 12.5 Å². The van der Waals surface area contributed by atoms with Gasteiger partial charge in [-0.2, -0.15) is 0 Å². The minimum atomic E-state index is -1.35. The third-order valence-electron chi connectivity index (χ3n) is 2.24. The van der Waals surface area contributed by atoms with Gasteiger partial charge in [0.2, 0.25) is 0 Å². The Balaban J connectivity index is 2.87. The van der Waals surface area contributed by atoms with Crippen LogP contribution in [0.2, 0.25) is 5.02 Å². The second-order valence-electron chi connectivity index (χ2n) is 3.89. The number of carboxylic acids is 1. The van der Waals surface area contributed by atoms with Gasteiger partial charge in [0.05, 0.1) is 5.02 Å². The van der Waals surface area contributed by atoms with Gasteiger partial charge < -0.3 is 20.5 Å². The summed E-state index contributed by atoms with van der Waals surface area (Å²) in [5.41, 5.74) is 4.94. The number of nitrogens with two attached hydrogens (primary N) is 1. The van der Waals surface area contributed by atoms with Crippen LogP contribution in [-0.4, -0.2) is 29.3 Å². The lowest BCUT2D eigenvalue weighted by molar-refractivity contribution is -0.142. The van der Waals surface area contributed by atoms with Crippen LogP contribution >= 0.6 is 11.6 Å². The van der Waals surface area contributed by atoms with Gasteiger partial charge in [0.15, 0.2) is 0 Å². The second kappa shape index (κ2) is 5.40. The standard InChI is InChI=1S/C10H12BClNO4/c1-10(13,9(14)15)5-6-2-3-8(17-11-16)7(12)4-6/h2-4,16H,5,13H2,1H3,(H,14,15)/t10-/m1/s1. The summed E-state index contributed by atoms with van der Waals surface area (Å²) >= 11 is 5.87. The van der Waals surface area contributed by atoms with Crippen LogP contribution in [0.4, 0.5) is 0 Å². The maximum absolute atomic E-state index is 10.9. The molecule has 0 saturated carbocycles. The molecule has 5 nitrogen and oxygen atoms in total. The van der Waals surface area contributed by atoms with Gasteiger partial charge in [-0.3, -0.25) is 4.79 Å². The molecular weight excluding hydrogens is 244 g/mol. The number of hydrogen-bond acceptors (Lipinski definition) is 4. The summed E-state index contributed by atoms with van der Waals surface area (Å²) in [6.07, 6.45) is 0.144. The summed E-state index contributed by atoms with van der Waals surface area (Å²) in [7, 11) is 0.519. The first-order valence-electron chi connectivity index (χ1n) is 4.80. The Labute approximate surface area is 104 Å². The van der Waals surface area contributed by atoms with E-state index in [4.69, 9.17) is 32.1 Å². The summed E-state index contributed by atoms with van der Waals surface area (Å²) in [4.78, 5) is 10.9. The zero-order chi connectivity index (χ0) is 13.1. The zero-order valence-corrected chi connectivity index (χ0v) is 9.94. The van der Waals surface area contributed by atoms with E-state index in [1.165, 1.54) is 13.0 Å². The predicted octanol–water partition coefficient (Wildman–Crippen LogP) is 0.590. The molecule has 0 fully saturated rings. The molecule has 7 heteroatoms. The van der Waals surface area contributed by atoms with Crippen molar-refractivity contribution in [3.8, 4) is 5.75 Å². The average molecular weight is 256 g/mol. The number of rotatable bonds is 5. The monoisotopic (exact) mass is 256 g/mol. The molecular formula is C10H12BClNO4. The van der Waals surface area contributed by atoms with E-state index in [1.54, 1.807) is 12.1 Å². The Hall–Kier alpha value is -1.24. The lowest BCUT2D eigenvalue weighted by Crippen LogP contribution is -2.46. The van der Waals surface area contributed by atoms with Gasteiger partial charge in [-0.05, 0) is 24.6 Å². The van der Waals surface area contributed by atoms with Gasteiger partial charge in [-0.25, -0.2) is 0 Å². The third kappa shape index (κ3) is 3.62. The molecule has 1 radical (unpaired) electrons. The number of carbonyl (C=O) groups is 1. The summed E-state index contributed by atoms with van der Waals surface area (Å²) in [5.74, 6) is -0.801. The summed E-state index contributed by atoms with van der Waals surface area (Å²) in [5, 5.41) is 17.6. The smallest absolute Gasteiger partial charge is 0.536 e. The number of carboxylic acid groups (broad SMARTS) is 1. The van der Waals surface area contributed by atoms with E-state index >= 15 is 0 Å². The van der Waals surface area contributed by atoms with Crippen molar-refractivity contribution < 1.29 is 19.6 Å². The summed E-state index contributed by atoms with van der Waals surface area (Å²) < 4.78 is 4.72. The molecule has 0 aliphatic heterocycles. The largest absolute Gasteiger partial charge is 0.569 e. The van der Waals surface area contributed by atoms with Crippen molar-refractivity contribution in [3.63, 3.8) is 0 Å². The van der Waals surface area contributed by atoms with E-state index in [0.29, 0.717) is 13.2 Å². The first-order chi connectivity index (χ1) is 7.86.